The first-order valence-corrected chi connectivity index (χ1v) is 3.73. The van der Waals surface area contributed by atoms with Crippen LogP contribution in [0.3, 0.4) is 0 Å². The molecule has 1 aromatic heterocycles. The maximum atomic E-state index is 10.2. The lowest BCUT2D eigenvalue weighted by Gasteiger charge is -2.03. The van der Waals surface area contributed by atoms with Gasteiger partial charge in [-0.1, -0.05) is 6.92 Å². The summed E-state index contributed by atoms with van der Waals surface area (Å²) < 4.78 is 5.22. The third-order valence-electron chi connectivity index (χ3n) is 1.80. The minimum absolute atomic E-state index is 0.211. The van der Waals surface area contributed by atoms with E-state index in [-0.39, 0.29) is 5.92 Å². The zero-order valence-corrected chi connectivity index (χ0v) is 6.83. The Morgan fingerprint density at radius 2 is 2.45 bits per heavy atom. The molecule has 0 N–H and O–H groups in total. The van der Waals surface area contributed by atoms with Gasteiger partial charge in [-0.2, -0.15) is 0 Å². The number of carbonyl (C=O) groups is 1. The molecule has 0 saturated heterocycles. The quantitative estimate of drug-likeness (QED) is 0.622. The van der Waals surface area contributed by atoms with Crippen LogP contribution < -0.4 is 0 Å². The van der Waals surface area contributed by atoms with Gasteiger partial charge in [0.2, 0.25) is 0 Å². The molecule has 1 atom stereocenters. The summed E-state index contributed by atoms with van der Waals surface area (Å²) in [6.45, 7) is 3.97. The van der Waals surface area contributed by atoms with Crippen LogP contribution in [0.5, 0.6) is 0 Å². The van der Waals surface area contributed by atoms with Crippen molar-refractivity contribution in [3.05, 3.63) is 23.7 Å². The maximum absolute atomic E-state index is 10.2. The van der Waals surface area contributed by atoms with Gasteiger partial charge in [0.25, 0.3) is 0 Å². The lowest BCUT2D eigenvalue weighted by atomic mass is 10.0. The largest absolute Gasteiger partial charge is 0.469 e. The Kier molecular flexibility index (Phi) is 2.47. The maximum Gasteiger partial charge on any atom is 0.120 e. The van der Waals surface area contributed by atoms with Gasteiger partial charge in [0.1, 0.15) is 12.0 Å². The predicted molar refractivity (Wildman–Crippen MR) is 42.5 cm³/mol. The molecule has 0 bridgehead atoms. The second kappa shape index (κ2) is 3.37. The Hall–Kier alpha value is -1.05. The summed E-state index contributed by atoms with van der Waals surface area (Å²) in [5.41, 5.74) is 1.12. The normalized spacial score (nSPS) is 12.9. The smallest absolute Gasteiger partial charge is 0.120 e. The summed E-state index contributed by atoms with van der Waals surface area (Å²) >= 11 is 0. The highest BCUT2D eigenvalue weighted by atomic mass is 16.3. The zero-order valence-electron chi connectivity index (χ0n) is 6.83. The van der Waals surface area contributed by atoms with E-state index in [1.807, 2.05) is 19.9 Å². The molecule has 1 unspecified atom stereocenters. The first-order chi connectivity index (χ1) is 5.25. The van der Waals surface area contributed by atoms with Crippen molar-refractivity contribution in [3.63, 3.8) is 0 Å². The molecular formula is C9H12O2. The SMILES string of the molecule is Cc1ccoc1C(C)CC=O. The zero-order chi connectivity index (χ0) is 8.27. The van der Waals surface area contributed by atoms with Crippen LogP contribution in [0.1, 0.15) is 30.6 Å². The van der Waals surface area contributed by atoms with Crippen LogP contribution >= 0.6 is 0 Å². The van der Waals surface area contributed by atoms with E-state index in [0.29, 0.717) is 6.42 Å². The summed E-state index contributed by atoms with van der Waals surface area (Å²) in [5.74, 6) is 1.14. The van der Waals surface area contributed by atoms with E-state index >= 15 is 0 Å². The van der Waals surface area contributed by atoms with E-state index in [9.17, 15) is 4.79 Å². The molecule has 0 radical (unpaired) electrons. The highest BCUT2D eigenvalue weighted by Crippen LogP contribution is 2.21. The Morgan fingerprint density at radius 1 is 1.73 bits per heavy atom. The van der Waals surface area contributed by atoms with E-state index in [2.05, 4.69) is 0 Å². The number of carbonyl (C=O) groups excluding carboxylic acids is 1. The summed E-state index contributed by atoms with van der Waals surface area (Å²) in [5, 5.41) is 0. The minimum atomic E-state index is 0.211. The van der Waals surface area contributed by atoms with E-state index in [4.69, 9.17) is 4.42 Å². The second-order valence-corrected chi connectivity index (χ2v) is 2.77. The molecule has 0 aliphatic heterocycles. The van der Waals surface area contributed by atoms with Gasteiger partial charge in [-0.3, -0.25) is 0 Å². The fraction of sp³-hybridized carbons (Fsp3) is 0.444. The van der Waals surface area contributed by atoms with E-state index < -0.39 is 0 Å². The molecule has 11 heavy (non-hydrogen) atoms. The van der Waals surface area contributed by atoms with Gasteiger partial charge >= 0.3 is 0 Å². The van der Waals surface area contributed by atoms with Gasteiger partial charge < -0.3 is 9.21 Å². The van der Waals surface area contributed by atoms with Crippen molar-refractivity contribution in [1.29, 1.82) is 0 Å². The molecule has 0 amide bonds. The summed E-state index contributed by atoms with van der Waals surface area (Å²) in [7, 11) is 0. The van der Waals surface area contributed by atoms with Crippen LogP contribution in [-0.2, 0) is 4.79 Å². The molecule has 60 valence electrons. The summed E-state index contributed by atoms with van der Waals surface area (Å²) in [6, 6.07) is 1.91. The summed E-state index contributed by atoms with van der Waals surface area (Å²) in [4.78, 5) is 10.2. The first-order valence-electron chi connectivity index (χ1n) is 3.73. The number of hydrogen-bond acceptors (Lipinski definition) is 2. The van der Waals surface area contributed by atoms with Gasteiger partial charge in [-0.05, 0) is 18.6 Å². The standard InChI is InChI=1S/C9H12O2/c1-7(3-5-10)9-8(2)4-6-11-9/h4-7H,3H2,1-2H3. The van der Waals surface area contributed by atoms with Crippen LogP contribution in [0, 0.1) is 6.92 Å². The Balaban J connectivity index is 2.74. The van der Waals surface area contributed by atoms with Gasteiger partial charge in [-0.25, -0.2) is 0 Å². The Morgan fingerprint density at radius 3 is 2.91 bits per heavy atom. The van der Waals surface area contributed by atoms with Gasteiger partial charge in [0, 0.05) is 12.3 Å². The van der Waals surface area contributed by atoms with E-state index in [1.165, 1.54) is 0 Å². The third-order valence-corrected chi connectivity index (χ3v) is 1.80. The van der Waals surface area contributed by atoms with Crippen LogP contribution in [0.25, 0.3) is 0 Å². The van der Waals surface area contributed by atoms with E-state index in [0.717, 1.165) is 17.6 Å². The lowest BCUT2D eigenvalue weighted by Crippen LogP contribution is -1.93. The highest BCUT2D eigenvalue weighted by molar-refractivity contribution is 5.51. The Bertz CT molecular complexity index is 237. The number of aryl methyl sites for hydroxylation is 1. The fourth-order valence-electron chi connectivity index (χ4n) is 1.14. The highest BCUT2D eigenvalue weighted by Gasteiger charge is 2.10. The molecule has 0 saturated carbocycles. The fourth-order valence-corrected chi connectivity index (χ4v) is 1.14. The van der Waals surface area contributed by atoms with Gasteiger partial charge in [-0.15, -0.1) is 0 Å². The van der Waals surface area contributed by atoms with Crippen LogP contribution in [0.2, 0.25) is 0 Å². The average molecular weight is 152 g/mol. The Labute approximate surface area is 66.2 Å². The molecule has 0 fully saturated rings. The van der Waals surface area contributed by atoms with Crippen molar-refractivity contribution in [2.45, 2.75) is 26.2 Å². The van der Waals surface area contributed by atoms with Crippen LogP contribution in [0.15, 0.2) is 16.7 Å². The molecule has 2 heteroatoms. The second-order valence-electron chi connectivity index (χ2n) is 2.77. The number of aldehydes is 1. The average Bonchev–Trinajstić information content (AvgIpc) is 2.36. The van der Waals surface area contributed by atoms with Crippen LogP contribution in [0.4, 0.5) is 0 Å². The molecule has 1 aromatic rings. The van der Waals surface area contributed by atoms with Crippen molar-refractivity contribution in [3.8, 4) is 0 Å². The molecule has 2 nitrogen and oxygen atoms in total. The predicted octanol–water partition coefficient (Wildman–Crippen LogP) is 2.28. The first kappa shape index (κ1) is 8.05. The summed E-state index contributed by atoms with van der Waals surface area (Å²) in [6.07, 6.45) is 3.12. The monoisotopic (exact) mass is 152 g/mol. The molecular weight excluding hydrogens is 140 g/mol. The van der Waals surface area contributed by atoms with Gasteiger partial charge in [0.15, 0.2) is 0 Å². The number of furan rings is 1. The number of rotatable bonds is 3. The topological polar surface area (TPSA) is 30.2 Å². The molecule has 0 spiro atoms. The van der Waals surface area contributed by atoms with Crippen molar-refractivity contribution in [1.82, 2.24) is 0 Å². The minimum Gasteiger partial charge on any atom is -0.469 e. The van der Waals surface area contributed by atoms with E-state index in [1.54, 1.807) is 6.26 Å². The third kappa shape index (κ3) is 1.70. The molecule has 0 aromatic carbocycles. The van der Waals surface area contributed by atoms with Crippen molar-refractivity contribution in [2.24, 2.45) is 0 Å². The van der Waals surface area contributed by atoms with Crippen molar-refractivity contribution in [2.75, 3.05) is 0 Å². The van der Waals surface area contributed by atoms with Crippen molar-refractivity contribution >= 4 is 6.29 Å². The van der Waals surface area contributed by atoms with Crippen molar-refractivity contribution < 1.29 is 9.21 Å². The van der Waals surface area contributed by atoms with Gasteiger partial charge in [0.05, 0.1) is 6.26 Å². The number of hydrogen-bond donors (Lipinski definition) is 0. The molecule has 0 aliphatic rings. The molecule has 0 aliphatic carbocycles. The van der Waals surface area contributed by atoms with Crippen LogP contribution in [-0.4, -0.2) is 6.29 Å². The lowest BCUT2D eigenvalue weighted by molar-refractivity contribution is -0.108. The molecule has 1 rings (SSSR count). The molecule has 1 heterocycles.